The first kappa shape index (κ1) is 18.4. The number of aromatic nitrogens is 1. The average Bonchev–Trinajstić information content (AvgIpc) is 2.68. The van der Waals surface area contributed by atoms with E-state index in [1.54, 1.807) is 12.3 Å². The Balaban J connectivity index is 1.59. The van der Waals surface area contributed by atoms with Gasteiger partial charge in [-0.2, -0.15) is 0 Å². The van der Waals surface area contributed by atoms with E-state index in [4.69, 9.17) is 0 Å². The number of rotatable bonds is 4. The molecular weight excluding hydrogens is 396 g/mol. The zero-order chi connectivity index (χ0) is 18.5. The molecule has 0 saturated carbocycles. The van der Waals surface area contributed by atoms with E-state index in [0.29, 0.717) is 12.0 Å². The molecule has 0 radical (unpaired) electrons. The van der Waals surface area contributed by atoms with Gasteiger partial charge >= 0.3 is 0 Å². The molecule has 0 aliphatic carbocycles. The molecule has 7 heteroatoms. The van der Waals surface area contributed by atoms with E-state index >= 15 is 0 Å². The van der Waals surface area contributed by atoms with Crippen LogP contribution in [0.2, 0.25) is 0 Å². The molecule has 0 unspecified atom stereocenters. The third kappa shape index (κ3) is 4.40. The smallest absolute Gasteiger partial charge is 0.257 e. The van der Waals surface area contributed by atoms with Crippen molar-refractivity contribution in [1.82, 2.24) is 9.88 Å². The minimum atomic E-state index is -0.196. The summed E-state index contributed by atoms with van der Waals surface area (Å²) >= 11 is 3.31. The number of hydrogen-bond acceptors (Lipinski definition) is 4. The molecule has 1 aliphatic heterocycles. The summed E-state index contributed by atoms with van der Waals surface area (Å²) in [7, 11) is 0. The molecule has 136 valence electrons. The van der Waals surface area contributed by atoms with Crippen LogP contribution >= 0.6 is 15.9 Å². The number of piperazine rings is 1. The molecule has 0 spiro atoms. The van der Waals surface area contributed by atoms with Crippen LogP contribution in [-0.2, 0) is 4.79 Å². The fourth-order valence-electron chi connectivity index (χ4n) is 2.93. The number of anilines is 2. The second kappa shape index (κ2) is 8.31. The topological polar surface area (TPSA) is 65.5 Å². The number of pyridine rings is 1. The maximum atomic E-state index is 12.3. The second-order valence-electron chi connectivity index (χ2n) is 6.11. The number of benzene rings is 1. The molecule has 26 heavy (non-hydrogen) atoms. The number of carbonyl (C=O) groups is 2. The highest BCUT2D eigenvalue weighted by molar-refractivity contribution is 9.10. The summed E-state index contributed by atoms with van der Waals surface area (Å²) < 4.78 is 0.765. The quantitative estimate of drug-likeness (QED) is 0.830. The Hall–Kier alpha value is -2.41. The lowest BCUT2D eigenvalue weighted by molar-refractivity contribution is -0.131. The summed E-state index contributed by atoms with van der Waals surface area (Å²) in [4.78, 5) is 32.2. The van der Waals surface area contributed by atoms with Gasteiger partial charge in [-0.05, 0) is 46.3 Å². The Kier molecular flexibility index (Phi) is 5.88. The van der Waals surface area contributed by atoms with Gasteiger partial charge in [-0.1, -0.05) is 6.92 Å². The number of halogens is 1. The van der Waals surface area contributed by atoms with E-state index < -0.39 is 0 Å². The van der Waals surface area contributed by atoms with Crippen molar-refractivity contribution in [3.05, 3.63) is 52.8 Å². The van der Waals surface area contributed by atoms with Crippen LogP contribution in [0.25, 0.3) is 0 Å². The van der Waals surface area contributed by atoms with Gasteiger partial charge in [0.1, 0.15) is 0 Å². The molecule has 2 amide bonds. The Morgan fingerprint density at radius 2 is 1.81 bits per heavy atom. The molecular formula is C19H21BrN4O2. The summed E-state index contributed by atoms with van der Waals surface area (Å²) in [5, 5.41) is 2.87. The number of nitrogens with one attached hydrogen (secondary N) is 1. The Labute approximate surface area is 161 Å². The molecule has 3 rings (SSSR count). The van der Waals surface area contributed by atoms with Gasteiger partial charge in [-0.3, -0.25) is 14.6 Å². The highest BCUT2D eigenvalue weighted by atomic mass is 79.9. The van der Waals surface area contributed by atoms with Gasteiger partial charge in [0.25, 0.3) is 5.91 Å². The monoisotopic (exact) mass is 416 g/mol. The predicted molar refractivity (Wildman–Crippen MR) is 105 cm³/mol. The Morgan fingerprint density at radius 3 is 2.42 bits per heavy atom. The van der Waals surface area contributed by atoms with Crippen LogP contribution in [0.15, 0.2) is 47.2 Å². The average molecular weight is 417 g/mol. The number of nitrogens with zero attached hydrogens (tertiary/aromatic N) is 3. The molecule has 2 heterocycles. The molecule has 0 bridgehead atoms. The lowest BCUT2D eigenvalue weighted by Gasteiger charge is -2.36. The van der Waals surface area contributed by atoms with Crippen molar-refractivity contribution in [3.63, 3.8) is 0 Å². The summed E-state index contributed by atoms with van der Waals surface area (Å²) in [5.41, 5.74) is 2.33. The summed E-state index contributed by atoms with van der Waals surface area (Å²) in [5.74, 6) is 0.0167. The molecule has 1 aromatic heterocycles. The minimum absolute atomic E-state index is 0.196. The second-order valence-corrected chi connectivity index (χ2v) is 7.03. The highest BCUT2D eigenvalue weighted by Crippen LogP contribution is 2.20. The largest absolute Gasteiger partial charge is 0.368 e. The van der Waals surface area contributed by atoms with Crippen LogP contribution in [0.5, 0.6) is 0 Å². The van der Waals surface area contributed by atoms with Gasteiger partial charge in [0.15, 0.2) is 0 Å². The lowest BCUT2D eigenvalue weighted by Crippen LogP contribution is -2.48. The van der Waals surface area contributed by atoms with Crippen LogP contribution in [0.3, 0.4) is 0 Å². The molecule has 1 aromatic carbocycles. The third-order valence-corrected chi connectivity index (χ3v) is 4.83. The minimum Gasteiger partial charge on any atom is -0.368 e. The SMILES string of the molecule is CCC(=O)N1CCN(c2ccc(NC(=O)c3cncc(Br)c3)cc2)CC1. The maximum Gasteiger partial charge on any atom is 0.257 e. The van der Waals surface area contributed by atoms with Crippen molar-refractivity contribution in [2.75, 3.05) is 36.4 Å². The van der Waals surface area contributed by atoms with Gasteiger partial charge in [0.2, 0.25) is 5.91 Å². The first-order valence-electron chi connectivity index (χ1n) is 8.61. The van der Waals surface area contributed by atoms with Crippen molar-refractivity contribution in [1.29, 1.82) is 0 Å². The fourth-order valence-corrected chi connectivity index (χ4v) is 3.30. The highest BCUT2D eigenvalue weighted by Gasteiger charge is 2.20. The van der Waals surface area contributed by atoms with Gasteiger partial charge in [-0.25, -0.2) is 0 Å². The zero-order valence-corrected chi connectivity index (χ0v) is 16.2. The fraction of sp³-hybridized carbons (Fsp3) is 0.316. The van der Waals surface area contributed by atoms with E-state index in [1.807, 2.05) is 36.1 Å². The first-order chi connectivity index (χ1) is 12.6. The predicted octanol–water partition coefficient (Wildman–Crippen LogP) is 3.16. The zero-order valence-electron chi connectivity index (χ0n) is 14.6. The Morgan fingerprint density at radius 1 is 1.12 bits per heavy atom. The first-order valence-corrected chi connectivity index (χ1v) is 9.41. The van der Waals surface area contributed by atoms with Gasteiger partial charge < -0.3 is 15.1 Å². The van der Waals surface area contributed by atoms with E-state index in [0.717, 1.165) is 42.0 Å². The number of carbonyl (C=O) groups excluding carboxylic acids is 2. The molecule has 1 N–H and O–H groups in total. The number of hydrogen-bond donors (Lipinski definition) is 1. The summed E-state index contributed by atoms with van der Waals surface area (Å²) in [6.07, 6.45) is 3.73. The van der Waals surface area contributed by atoms with Crippen molar-refractivity contribution in [2.24, 2.45) is 0 Å². The van der Waals surface area contributed by atoms with E-state index in [9.17, 15) is 9.59 Å². The van der Waals surface area contributed by atoms with Crippen LogP contribution in [0.4, 0.5) is 11.4 Å². The standard InChI is InChI=1S/C19H21BrN4O2/c1-2-18(25)24-9-7-23(8-10-24)17-5-3-16(4-6-17)22-19(26)14-11-15(20)13-21-12-14/h3-6,11-13H,2,7-10H2,1H3,(H,22,26). The lowest BCUT2D eigenvalue weighted by atomic mass is 10.2. The maximum absolute atomic E-state index is 12.3. The van der Waals surface area contributed by atoms with Gasteiger partial charge in [0, 0.05) is 60.8 Å². The molecule has 2 aromatic rings. The van der Waals surface area contributed by atoms with Crippen molar-refractivity contribution in [3.8, 4) is 0 Å². The van der Waals surface area contributed by atoms with Crippen LogP contribution < -0.4 is 10.2 Å². The van der Waals surface area contributed by atoms with Crippen molar-refractivity contribution in [2.45, 2.75) is 13.3 Å². The van der Waals surface area contributed by atoms with E-state index in [-0.39, 0.29) is 11.8 Å². The van der Waals surface area contributed by atoms with Crippen molar-refractivity contribution < 1.29 is 9.59 Å². The van der Waals surface area contributed by atoms with E-state index in [1.165, 1.54) is 6.20 Å². The van der Waals surface area contributed by atoms with Crippen LogP contribution in [-0.4, -0.2) is 47.9 Å². The molecule has 1 fully saturated rings. The van der Waals surface area contributed by atoms with Crippen LogP contribution in [0.1, 0.15) is 23.7 Å². The van der Waals surface area contributed by atoms with E-state index in [2.05, 4.69) is 31.1 Å². The van der Waals surface area contributed by atoms with Gasteiger partial charge in [0.05, 0.1) is 5.56 Å². The Bertz CT molecular complexity index is 786. The third-order valence-electron chi connectivity index (χ3n) is 4.39. The van der Waals surface area contributed by atoms with Crippen molar-refractivity contribution >= 4 is 39.1 Å². The van der Waals surface area contributed by atoms with Gasteiger partial charge in [-0.15, -0.1) is 0 Å². The number of amides is 2. The molecule has 6 nitrogen and oxygen atoms in total. The molecule has 1 aliphatic rings. The summed E-state index contributed by atoms with van der Waals surface area (Å²) in [6, 6.07) is 9.50. The van der Waals surface area contributed by atoms with Crippen LogP contribution in [0, 0.1) is 0 Å². The molecule has 1 saturated heterocycles. The summed E-state index contributed by atoms with van der Waals surface area (Å²) in [6.45, 7) is 5.04. The molecule has 0 atom stereocenters. The normalized spacial score (nSPS) is 14.2.